The van der Waals surface area contributed by atoms with Crippen LogP contribution in [0.4, 0.5) is 0 Å². The number of ether oxygens (including phenoxy) is 1. The van der Waals surface area contributed by atoms with Crippen molar-refractivity contribution in [3.63, 3.8) is 0 Å². The van der Waals surface area contributed by atoms with Crippen LogP contribution in [-0.2, 0) is 14.3 Å². The quantitative estimate of drug-likeness (QED) is 0.482. The summed E-state index contributed by atoms with van der Waals surface area (Å²) in [5.74, 6) is -0.368. The van der Waals surface area contributed by atoms with Gasteiger partial charge in [0.05, 0.1) is 0 Å². The van der Waals surface area contributed by atoms with Crippen LogP contribution < -0.4 is 0 Å². The van der Waals surface area contributed by atoms with E-state index in [0.29, 0.717) is 12.1 Å². The summed E-state index contributed by atoms with van der Waals surface area (Å²) in [6.07, 6.45) is 3.13. The number of esters is 1. The fourth-order valence-corrected chi connectivity index (χ4v) is 1.86. The number of rotatable bonds is 1. The second-order valence-corrected chi connectivity index (χ2v) is 4.95. The molecule has 1 saturated heterocycles. The largest absolute Gasteiger partial charge is 0.455 e. The highest BCUT2D eigenvalue weighted by Gasteiger charge is 2.44. The molecule has 2 rings (SSSR count). The molecule has 2 aliphatic heterocycles. The first-order valence-corrected chi connectivity index (χ1v) is 5.14. The van der Waals surface area contributed by atoms with E-state index in [1.54, 1.807) is 11.0 Å². The third kappa shape index (κ3) is 1.76. The lowest BCUT2D eigenvalue weighted by molar-refractivity contribution is -0.157. The Labute approximate surface area is 88.9 Å². The van der Waals surface area contributed by atoms with Crippen molar-refractivity contribution in [2.45, 2.75) is 45.3 Å². The van der Waals surface area contributed by atoms with Gasteiger partial charge in [-0.3, -0.25) is 4.79 Å². The third-order valence-electron chi connectivity index (χ3n) is 2.49. The molecular weight excluding hydrogens is 194 g/mol. The molecule has 0 aromatic carbocycles. The summed E-state index contributed by atoms with van der Waals surface area (Å²) < 4.78 is 5.22. The minimum atomic E-state index is -0.510. The summed E-state index contributed by atoms with van der Waals surface area (Å²) in [5, 5.41) is 0. The van der Waals surface area contributed by atoms with Gasteiger partial charge in [0, 0.05) is 12.5 Å². The summed E-state index contributed by atoms with van der Waals surface area (Å²) in [5.41, 5.74) is -0.0876. The average molecular weight is 209 g/mol. The molecule has 1 fully saturated rings. The van der Waals surface area contributed by atoms with Crippen molar-refractivity contribution >= 4 is 11.9 Å². The minimum Gasteiger partial charge on any atom is -0.455 e. The van der Waals surface area contributed by atoms with E-state index in [1.165, 1.54) is 0 Å². The van der Waals surface area contributed by atoms with Gasteiger partial charge in [0.25, 0.3) is 0 Å². The molecule has 0 spiro atoms. The van der Waals surface area contributed by atoms with E-state index < -0.39 is 11.6 Å². The fraction of sp³-hybridized carbons (Fsp3) is 0.636. The summed E-state index contributed by atoms with van der Waals surface area (Å²) >= 11 is 0. The van der Waals surface area contributed by atoms with E-state index in [2.05, 4.69) is 0 Å². The highest BCUT2D eigenvalue weighted by molar-refractivity contribution is 5.98. The maximum Gasteiger partial charge on any atom is 0.355 e. The van der Waals surface area contributed by atoms with Gasteiger partial charge in [0.2, 0.25) is 5.91 Å². The minimum absolute atomic E-state index is 0.0228. The van der Waals surface area contributed by atoms with Crippen molar-refractivity contribution in [3.05, 3.63) is 11.8 Å². The Hall–Kier alpha value is -1.32. The van der Waals surface area contributed by atoms with Crippen molar-refractivity contribution in [2.75, 3.05) is 0 Å². The van der Waals surface area contributed by atoms with Gasteiger partial charge in [-0.2, -0.15) is 0 Å². The predicted octanol–water partition coefficient (Wildman–Crippen LogP) is 1.22. The fourth-order valence-electron chi connectivity index (χ4n) is 1.86. The molecule has 82 valence electrons. The van der Waals surface area contributed by atoms with Gasteiger partial charge >= 0.3 is 5.97 Å². The van der Waals surface area contributed by atoms with Crippen LogP contribution in [0.15, 0.2) is 11.8 Å². The molecule has 0 saturated carbocycles. The van der Waals surface area contributed by atoms with Gasteiger partial charge in [0.1, 0.15) is 11.3 Å². The lowest BCUT2D eigenvalue weighted by Crippen LogP contribution is -2.50. The number of carbonyl (C=O) groups is 2. The molecule has 1 unspecified atom stereocenters. The lowest BCUT2D eigenvalue weighted by atomic mass is 10.0. The molecule has 15 heavy (non-hydrogen) atoms. The van der Waals surface area contributed by atoms with Crippen LogP contribution >= 0.6 is 0 Å². The zero-order valence-electron chi connectivity index (χ0n) is 9.24. The van der Waals surface area contributed by atoms with Crippen LogP contribution in [0.5, 0.6) is 0 Å². The normalized spacial score (nSPS) is 24.5. The second-order valence-electron chi connectivity index (χ2n) is 4.95. The van der Waals surface area contributed by atoms with E-state index in [9.17, 15) is 9.59 Å². The molecule has 1 atom stereocenters. The monoisotopic (exact) mass is 209 g/mol. The molecule has 0 radical (unpaired) electrons. The molecule has 2 aliphatic rings. The van der Waals surface area contributed by atoms with Crippen LogP contribution in [0.3, 0.4) is 0 Å². The maximum atomic E-state index is 11.7. The van der Waals surface area contributed by atoms with Crippen LogP contribution in [0.25, 0.3) is 0 Å². The van der Waals surface area contributed by atoms with E-state index in [4.69, 9.17) is 4.74 Å². The number of amides is 1. The molecule has 0 bridgehead atoms. The maximum absolute atomic E-state index is 11.7. The molecular formula is C11H15NO3. The molecule has 0 N–H and O–H groups in total. The van der Waals surface area contributed by atoms with Gasteiger partial charge in [-0.05, 0) is 27.2 Å². The number of hydrogen-bond acceptors (Lipinski definition) is 3. The smallest absolute Gasteiger partial charge is 0.355 e. The van der Waals surface area contributed by atoms with E-state index >= 15 is 0 Å². The zero-order chi connectivity index (χ0) is 11.2. The second kappa shape index (κ2) is 3.08. The lowest BCUT2D eigenvalue weighted by Gasteiger charge is -2.36. The van der Waals surface area contributed by atoms with Gasteiger partial charge < -0.3 is 9.64 Å². The van der Waals surface area contributed by atoms with Gasteiger partial charge in [-0.15, -0.1) is 0 Å². The Balaban J connectivity index is 2.06. The molecule has 4 heteroatoms. The van der Waals surface area contributed by atoms with Crippen molar-refractivity contribution < 1.29 is 14.3 Å². The standard InChI is InChI=1S/C11H15NO3/c1-11(2,3)15-10(14)8-5-4-7-6-9(13)12(7)8/h5,7H,4,6H2,1-3H3. The third-order valence-corrected chi connectivity index (χ3v) is 2.49. The zero-order valence-corrected chi connectivity index (χ0v) is 9.24. The highest BCUT2D eigenvalue weighted by atomic mass is 16.6. The summed E-state index contributed by atoms with van der Waals surface area (Å²) in [6, 6.07) is 0.208. The topological polar surface area (TPSA) is 46.6 Å². The van der Waals surface area contributed by atoms with Crippen molar-refractivity contribution in [3.8, 4) is 0 Å². The van der Waals surface area contributed by atoms with Crippen LogP contribution in [0, 0.1) is 0 Å². The van der Waals surface area contributed by atoms with E-state index in [-0.39, 0.29) is 11.9 Å². The number of fused-ring (bicyclic) bond motifs is 1. The molecule has 0 aliphatic carbocycles. The Morgan fingerprint density at radius 3 is 2.73 bits per heavy atom. The van der Waals surface area contributed by atoms with Gasteiger partial charge in [0.15, 0.2) is 0 Å². The van der Waals surface area contributed by atoms with E-state index in [1.807, 2.05) is 20.8 Å². The number of hydrogen-bond donors (Lipinski definition) is 0. The average Bonchev–Trinajstić information content (AvgIpc) is 2.38. The van der Waals surface area contributed by atoms with Crippen LogP contribution in [-0.4, -0.2) is 28.4 Å². The first kappa shape index (κ1) is 10.2. The number of nitrogens with zero attached hydrogens (tertiary/aromatic N) is 1. The van der Waals surface area contributed by atoms with Crippen molar-refractivity contribution in [1.82, 2.24) is 4.90 Å². The highest BCUT2D eigenvalue weighted by Crippen LogP contribution is 2.34. The number of carbonyl (C=O) groups excluding carboxylic acids is 2. The Morgan fingerprint density at radius 2 is 2.20 bits per heavy atom. The molecule has 2 heterocycles. The van der Waals surface area contributed by atoms with Crippen molar-refractivity contribution in [1.29, 1.82) is 0 Å². The molecule has 0 aromatic rings. The Morgan fingerprint density at radius 1 is 1.53 bits per heavy atom. The first-order chi connectivity index (χ1) is 6.88. The van der Waals surface area contributed by atoms with E-state index in [0.717, 1.165) is 6.42 Å². The molecule has 1 amide bonds. The first-order valence-electron chi connectivity index (χ1n) is 5.14. The Bertz CT molecular complexity index is 351. The molecule has 4 nitrogen and oxygen atoms in total. The summed E-state index contributed by atoms with van der Waals surface area (Å²) in [6.45, 7) is 5.45. The van der Waals surface area contributed by atoms with Crippen LogP contribution in [0.2, 0.25) is 0 Å². The van der Waals surface area contributed by atoms with Crippen molar-refractivity contribution in [2.24, 2.45) is 0 Å². The SMILES string of the molecule is CC(C)(C)OC(=O)C1=CCC2CC(=O)N12. The van der Waals surface area contributed by atoms with Crippen LogP contribution in [0.1, 0.15) is 33.6 Å². The predicted molar refractivity (Wildman–Crippen MR) is 53.8 cm³/mol. The van der Waals surface area contributed by atoms with Gasteiger partial charge in [-0.25, -0.2) is 4.79 Å². The summed E-state index contributed by atoms with van der Waals surface area (Å²) in [7, 11) is 0. The number of β-lactam (4-membered cyclic amide) rings is 1. The van der Waals surface area contributed by atoms with Gasteiger partial charge in [-0.1, -0.05) is 6.08 Å². The molecule has 0 aromatic heterocycles. The Kier molecular flexibility index (Phi) is 2.10. The summed E-state index contributed by atoms with van der Waals surface area (Å²) in [4.78, 5) is 24.5.